The Kier molecular flexibility index (Phi) is 6.12. The predicted molar refractivity (Wildman–Crippen MR) is 101 cm³/mol. The molecule has 4 rings (SSSR count). The molecule has 0 spiro atoms. The number of hydrogen-bond acceptors (Lipinski definition) is 6. The van der Waals surface area contributed by atoms with Gasteiger partial charge in [-0.3, -0.25) is 9.67 Å². The van der Waals surface area contributed by atoms with E-state index in [0.29, 0.717) is 6.42 Å². The van der Waals surface area contributed by atoms with Crippen molar-refractivity contribution in [2.45, 2.75) is 18.6 Å². The molecule has 12 heteroatoms. The summed E-state index contributed by atoms with van der Waals surface area (Å²) in [6, 6.07) is 6.11. The van der Waals surface area contributed by atoms with E-state index in [-0.39, 0.29) is 6.04 Å². The van der Waals surface area contributed by atoms with Gasteiger partial charge in [0.1, 0.15) is 11.7 Å². The molecule has 0 saturated heterocycles. The number of carboxylic acid groups (broad SMARTS) is 1. The van der Waals surface area contributed by atoms with E-state index in [4.69, 9.17) is 15.2 Å². The number of nitrogens with one attached hydrogen (secondary N) is 1. The van der Waals surface area contributed by atoms with Crippen molar-refractivity contribution in [3.8, 4) is 17.2 Å². The number of hydrogen-bond donors (Lipinski definition) is 2. The van der Waals surface area contributed by atoms with E-state index in [1.807, 2.05) is 35.4 Å². The summed E-state index contributed by atoms with van der Waals surface area (Å²) in [6.45, 7) is 0. The van der Waals surface area contributed by atoms with E-state index in [0.717, 1.165) is 27.0 Å². The van der Waals surface area contributed by atoms with Crippen LogP contribution in [0.15, 0.2) is 48.6 Å². The summed E-state index contributed by atoms with van der Waals surface area (Å²) >= 11 is 1.54. The van der Waals surface area contributed by atoms with Crippen molar-refractivity contribution in [1.29, 1.82) is 5.26 Å². The van der Waals surface area contributed by atoms with Crippen molar-refractivity contribution in [2.75, 3.05) is 0 Å². The fraction of sp³-hybridized carbons (Fsp3) is 0.167. The van der Waals surface area contributed by atoms with Crippen LogP contribution in [0.2, 0.25) is 0 Å². The molecule has 0 aliphatic carbocycles. The van der Waals surface area contributed by atoms with Crippen LogP contribution in [0.25, 0.3) is 22.2 Å². The molecule has 4 heterocycles. The van der Waals surface area contributed by atoms with Gasteiger partial charge in [-0.15, -0.1) is 11.3 Å². The van der Waals surface area contributed by atoms with Crippen molar-refractivity contribution in [3.05, 3.63) is 53.5 Å². The van der Waals surface area contributed by atoms with Gasteiger partial charge in [0.05, 0.1) is 29.1 Å². The molecule has 0 aliphatic heterocycles. The van der Waals surface area contributed by atoms with Gasteiger partial charge in [0.15, 0.2) is 0 Å². The molecule has 4 aromatic heterocycles. The van der Waals surface area contributed by atoms with Crippen molar-refractivity contribution in [1.82, 2.24) is 24.7 Å². The smallest absolute Gasteiger partial charge is 0.475 e. The van der Waals surface area contributed by atoms with Crippen LogP contribution < -0.4 is 0 Å². The van der Waals surface area contributed by atoms with E-state index >= 15 is 0 Å². The molecule has 8 nitrogen and oxygen atoms in total. The maximum Gasteiger partial charge on any atom is 0.490 e. The molecule has 0 aliphatic rings. The first-order chi connectivity index (χ1) is 14.3. The number of alkyl halides is 3. The summed E-state index contributed by atoms with van der Waals surface area (Å²) in [5, 5.41) is 21.8. The van der Waals surface area contributed by atoms with Crippen LogP contribution in [0, 0.1) is 11.3 Å². The fourth-order valence-corrected chi connectivity index (χ4v) is 3.37. The highest BCUT2D eigenvalue weighted by molar-refractivity contribution is 7.09. The Morgan fingerprint density at radius 1 is 1.37 bits per heavy atom. The maximum absolute atomic E-state index is 10.6. The average molecular weight is 434 g/mol. The number of aliphatic carboxylic acids is 1. The molecule has 154 valence electrons. The van der Waals surface area contributed by atoms with Crippen LogP contribution in [-0.4, -0.2) is 42.0 Å². The minimum Gasteiger partial charge on any atom is -0.475 e. The molecule has 0 amide bonds. The second-order valence-corrected chi connectivity index (χ2v) is 6.81. The van der Waals surface area contributed by atoms with Gasteiger partial charge < -0.3 is 10.1 Å². The summed E-state index contributed by atoms with van der Waals surface area (Å²) in [7, 11) is 0. The van der Waals surface area contributed by atoms with Gasteiger partial charge >= 0.3 is 12.1 Å². The molecule has 1 unspecified atom stereocenters. The number of pyridine rings is 1. The first-order valence-electron chi connectivity index (χ1n) is 8.33. The number of H-pyrrole nitrogens is 1. The first-order valence-corrected chi connectivity index (χ1v) is 9.21. The summed E-state index contributed by atoms with van der Waals surface area (Å²) in [5.74, 6) is -2.76. The molecular weight excluding hydrogens is 421 g/mol. The van der Waals surface area contributed by atoms with Crippen LogP contribution >= 0.6 is 11.3 Å². The van der Waals surface area contributed by atoms with Crippen LogP contribution in [0.1, 0.15) is 17.3 Å². The number of nitrogens with zero attached hydrogens (tertiary/aromatic N) is 5. The number of aromatic amines is 1. The van der Waals surface area contributed by atoms with Crippen LogP contribution in [0.4, 0.5) is 13.2 Å². The molecule has 1 atom stereocenters. The number of fused-ring (bicyclic) bond motifs is 1. The van der Waals surface area contributed by atoms with E-state index < -0.39 is 12.1 Å². The van der Waals surface area contributed by atoms with Gasteiger partial charge in [-0.1, -0.05) is 0 Å². The van der Waals surface area contributed by atoms with E-state index in [2.05, 4.69) is 26.1 Å². The number of carboxylic acids is 1. The standard InChI is InChI=1S/C16H12N6S.C2HF3O2/c17-4-1-14(15-8-18-10-23-15)22-9-11(7-21-22)12-2-5-19-16-13(12)3-6-20-16;3-2(4,5)1(6)7/h2-3,5-10,14H,1H2,(H,19,20);(H,6,7). The molecule has 0 aromatic carbocycles. The van der Waals surface area contributed by atoms with Crippen molar-refractivity contribution < 1.29 is 23.1 Å². The third-order valence-electron chi connectivity index (χ3n) is 4.00. The number of aromatic nitrogens is 5. The molecule has 4 aromatic rings. The molecule has 0 bridgehead atoms. The molecule has 30 heavy (non-hydrogen) atoms. The third-order valence-corrected chi connectivity index (χ3v) is 4.88. The molecule has 0 saturated carbocycles. The second-order valence-electron chi connectivity index (χ2n) is 5.89. The highest BCUT2D eigenvalue weighted by Gasteiger charge is 2.38. The molecular formula is C18H13F3N6O2S. The highest BCUT2D eigenvalue weighted by Crippen LogP contribution is 2.30. The summed E-state index contributed by atoms with van der Waals surface area (Å²) in [6.07, 6.45) is 4.53. The number of halogens is 3. The lowest BCUT2D eigenvalue weighted by atomic mass is 10.1. The van der Waals surface area contributed by atoms with E-state index in [1.54, 1.807) is 17.9 Å². The van der Waals surface area contributed by atoms with E-state index in [1.165, 1.54) is 11.3 Å². The SMILES string of the molecule is N#CCC(c1cncs1)n1cc(-c2ccnc3[nH]ccc23)cn1.O=C(O)C(F)(F)F. The lowest BCUT2D eigenvalue weighted by Gasteiger charge is -2.11. The predicted octanol–water partition coefficient (Wildman–Crippen LogP) is 4.02. The largest absolute Gasteiger partial charge is 0.490 e. The lowest BCUT2D eigenvalue weighted by molar-refractivity contribution is -0.192. The Balaban J connectivity index is 0.000000318. The minimum absolute atomic E-state index is 0.107. The van der Waals surface area contributed by atoms with Gasteiger partial charge in [0, 0.05) is 35.7 Å². The van der Waals surface area contributed by atoms with Crippen LogP contribution in [0.3, 0.4) is 0 Å². The zero-order valence-electron chi connectivity index (χ0n) is 15.0. The molecule has 0 radical (unpaired) electrons. The topological polar surface area (TPSA) is 120 Å². The quantitative estimate of drug-likeness (QED) is 0.501. The Labute approximate surface area is 171 Å². The Morgan fingerprint density at radius 2 is 2.13 bits per heavy atom. The van der Waals surface area contributed by atoms with Gasteiger partial charge in [0.25, 0.3) is 0 Å². The number of nitriles is 1. The number of rotatable bonds is 4. The monoisotopic (exact) mass is 434 g/mol. The second kappa shape index (κ2) is 8.75. The molecule has 0 fully saturated rings. The Hall–Kier alpha value is -3.72. The normalized spacial score (nSPS) is 12.1. The van der Waals surface area contributed by atoms with Crippen LogP contribution in [-0.2, 0) is 4.79 Å². The van der Waals surface area contributed by atoms with Gasteiger partial charge in [-0.2, -0.15) is 23.5 Å². The van der Waals surface area contributed by atoms with Gasteiger partial charge in [-0.25, -0.2) is 9.78 Å². The zero-order chi connectivity index (χ0) is 21.7. The average Bonchev–Trinajstić information content (AvgIpc) is 3.47. The fourth-order valence-electron chi connectivity index (χ4n) is 2.66. The summed E-state index contributed by atoms with van der Waals surface area (Å²) in [4.78, 5) is 21.5. The summed E-state index contributed by atoms with van der Waals surface area (Å²) in [5.41, 5.74) is 4.70. The van der Waals surface area contributed by atoms with Crippen LogP contribution in [0.5, 0.6) is 0 Å². The summed E-state index contributed by atoms with van der Waals surface area (Å²) < 4.78 is 33.6. The molecule has 2 N–H and O–H groups in total. The highest BCUT2D eigenvalue weighted by atomic mass is 32.1. The van der Waals surface area contributed by atoms with E-state index in [9.17, 15) is 13.2 Å². The third kappa shape index (κ3) is 4.64. The maximum atomic E-state index is 10.6. The minimum atomic E-state index is -5.08. The van der Waals surface area contributed by atoms with Gasteiger partial charge in [-0.05, 0) is 17.7 Å². The lowest BCUT2D eigenvalue weighted by Crippen LogP contribution is -2.21. The van der Waals surface area contributed by atoms with Crippen molar-refractivity contribution >= 4 is 28.3 Å². The zero-order valence-corrected chi connectivity index (χ0v) is 15.9. The first kappa shape index (κ1) is 21.0. The number of carbonyl (C=O) groups is 1. The van der Waals surface area contributed by atoms with Crippen molar-refractivity contribution in [2.24, 2.45) is 0 Å². The Bertz CT molecular complexity index is 1180. The number of thiazole rings is 1. The Morgan fingerprint density at radius 3 is 2.77 bits per heavy atom. The van der Waals surface area contributed by atoms with Crippen molar-refractivity contribution in [3.63, 3.8) is 0 Å². The van der Waals surface area contributed by atoms with Gasteiger partial charge in [0.2, 0.25) is 0 Å².